The zero-order chi connectivity index (χ0) is 24.6. The fraction of sp³-hybridized carbons (Fsp3) is 0.296. The lowest BCUT2D eigenvalue weighted by atomic mass is 9.95. The number of aliphatic hydroxyl groups excluding tert-OH is 1. The molecule has 4 N–H and O–H groups in total. The van der Waals surface area contributed by atoms with Gasteiger partial charge in [-0.1, -0.05) is 44.2 Å². The summed E-state index contributed by atoms with van der Waals surface area (Å²) < 4.78 is 1.87. The first-order valence-electron chi connectivity index (χ1n) is 11.8. The lowest BCUT2D eigenvalue weighted by Gasteiger charge is -2.21. The van der Waals surface area contributed by atoms with Crippen LogP contribution in [0.1, 0.15) is 38.2 Å². The first kappa shape index (κ1) is 22.9. The monoisotopic (exact) mass is 469 g/mol. The van der Waals surface area contributed by atoms with Crippen LogP contribution in [-0.2, 0) is 6.54 Å². The average molecular weight is 470 g/mol. The maximum absolute atomic E-state index is 9.62. The molecule has 4 aromatic heterocycles. The predicted octanol–water partition coefficient (Wildman–Crippen LogP) is 5.32. The number of nitrogens with zero attached hydrogens (tertiary/aromatic N) is 4. The number of anilines is 1. The van der Waals surface area contributed by atoms with Crippen LogP contribution in [0.25, 0.3) is 33.4 Å². The van der Waals surface area contributed by atoms with Gasteiger partial charge in [-0.15, -0.1) is 0 Å². The van der Waals surface area contributed by atoms with E-state index in [1.807, 2.05) is 43.1 Å². The number of rotatable bonds is 8. The molecule has 1 atom stereocenters. The minimum atomic E-state index is -0.251. The van der Waals surface area contributed by atoms with Crippen molar-refractivity contribution in [3.63, 3.8) is 0 Å². The van der Waals surface area contributed by atoms with Crippen molar-refractivity contribution in [1.29, 1.82) is 0 Å². The van der Waals surface area contributed by atoms with Crippen molar-refractivity contribution >= 4 is 16.9 Å². The number of benzene rings is 1. The standard InChI is InChI=1S/C27H31N7O/c1-17-12-20(19-8-6-5-7-9-19)24(31-17)18(2)32-26-23-21(13-28-25(23)29-16-30-26)22-10-11-34(33-22)14-27(3,4)15-35/h5-13,16,18,31,35H,14-15H2,1-4H3,(H2,28,29,30,32)/t18-/m0/s1. The van der Waals surface area contributed by atoms with Gasteiger partial charge in [0.05, 0.1) is 17.1 Å². The van der Waals surface area contributed by atoms with E-state index in [1.54, 1.807) is 6.33 Å². The summed E-state index contributed by atoms with van der Waals surface area (Å²) >= 11 is 0. The van der Waals surface area contributed by atoms with Crippen LogP contribution in [0, 0.1) is 12.3 Å². The molecule has 0 saturated heterocycles. The molecule has 8 heteroatoms. The average Bonchev–Trinajstić information content (AvgIpc) is 3.58. The summed E-state index contributed by atoms with van der Waals surface area (Å²) in [5.74, 6) is 0.746. The van der Waals surface area contributed by atoms with Crippen molar-refractivity contribution in [2.75, 3.05) is 11.9 Å². The highest BCUT2D eigenvalue weighted by Gasteiger charge is 2.21. The largest absolute Gasteiger partial charge is 0.396 e. The number of aromatic nitrogens is 6. The second-order valence-electron chi connectivity index (χ2n) is 9.88. The van der Waals surface area contributed by atoms with E-state index in [9.17, 15) is 5.11 Å². The molecule has 8 nitrogen and oxygen atoms in total. The van der Waals surface area contributed by atoms with Crippen molar-refractivity contribution in [1.82, 2.24) is 29.7 Å². The number of fused-ring (bicyclic) bond motifs is 1. The minimum Gasteiger partial charge on any atom is -0.396 e. The Kier molecular flexibility index (Phi) is 5.90. The number of aliphatic hydroxyl groups is 1. The number of hydrogen-bond donors (Lipinski definition) is 4. The highest BCUT2D eigenvalue weighted by molar-refractivity contribution is 6.00. The Balaban J connectivity index is 1.49. The van der Waals surface area contributed by atoms with Crippen molar-refractivity contribution in [3.8, 4) is 22.4 Å². The first-order chi connectivity index (χ1) is 16.8. The van der Waals surface area contributed by atoms with Gasteiger partial charge in [-0.25, -0.2) is 9.97 Å². The van der Waals surface area contributed by atoms with Gasteiger partial charge in [0.25, 0.3) is 0 Å². The van der Waals surface area contributed by atoms with Crippen LogP contribution in [0.2, 0.25) is 0 Å². The van der Waals surface area contributed by atoms with E-state index in [4.69, 9.17) is 5.10 Å². The minimum absolute atomic E-state index is 0.0253. The van der Waals surface area contributed by atoms with Gasteiger partial charge in [-0.05, 0) is 31.5 Å². The fourth-order valence-electron chi connectivity index (χ4n) is 4.44. The lowest BCUT2D eigenvalue weighted by molar-refractivity contribution is 0.136. The number of hydrogen-bond acceptors (Lipinski definition) is 5. The van der Waals surface area contributed by atoms with Gasteiger partial charge in [-0.2, -0.15) is 5.10 Å². The summed E-state index contributed by atoms with van der Waals surface area (Å²) in [5, 5.41) is 18.9. The summed E-state index contributed by atoms with van der Waals surface area (Å²) in [6.45, 7) is 8.96. The molecule has 0 aliphatic carbocycles. The molecular formula is C27H31N7O. The topological polar surface area (TPSA) is 107 Å². The van der Waals surface area contributed by atoms with Crippen LogP contribution in [0.3, 0.4) is 0 Å². The third-order valence-corrected chi connectivity index (χ3v) is 6.26. The van der Waals surface area contributed by atoms with Crippen LogP contribution in [0.15, 0.2) is 61.2 Å². The van der Waals surface area contributed by atoms with Gasteiger partial charge in [0, 0.05) is 53.5 Å². The van der Waals surface area contributed by atoms with Gasteiger partial charge in [0.2, 0.25) is 0 Å². The van der Waals surface area contributed by atoms with Crippen LogP contribution < -0.4 is 5.32 Å². The Hall–Kier alpha value is -3.91. The van der Waals surface area contributed by atoms with E-state index in [1.165, 1.54) is 11.1 Å². The Labute approximate surface area is 204 Å². The Morgan fingerprint density at radius 2 is 1.91 bits per heavy atom. The van der Waals surface area contributed by atoms with Gasteiger partial charge >= 0.3 is 0 Å². The van der Waals surface area contributed by atoms with E-state index in [-0.39, 0.29) is 18.1 Å². The summed E-state index contributed by atoms with van der Waals surface area (Å²) in [7, 11) is 0. The lowest BCUT2D eigenvalue weighted by Crippen LogP contribution is -2.24. The predicted molar refractivity (Wildman–Crippen MR) is 139 cm³/mol. The number of aryl methyl sites for hydroxylation is 1. The third kappa shape index (κ3) is 4.57. The molecule has 0 radical (unpaired) electrons. The van der Waals surface area contributed by atoms with Crippen LogP contribution in [0.4, 0.5) is 5.82 Å². The van der Waals surface area contributed by atoms with Gasteiger partial charge in [0.15, 0.2) is 0 Å². The van der Waals surface area contributed by atoms with Crippen molar-refractivity contribution in [2.45, 2.75) is 40.3 Å². The smallest absolute Gasteiger partial charge is 0.143 e. The van der Waals surface area contributed by atoms with E-state index < -0.39 is 0 Å². The van der Waals surface area contributed by atoms with Gasteiger partial charge < -0.3 is 20.4 Å². The second-order valence-corrected chi connectivity index (χ2v) is 9.88. The normalized spacial score (nSPS) is 12.8. The highest BCUT2D eigenvalue weighted by Crippen LogP contribution is 2.35. The molecule has 0 bridgehead atoms. The van der Waals surface area contributed by atoms with E-state index >= 15 is 0 Å². The quantitative estimate of drug-likeness (QED) is 0.246. The Morgan fingerprint density at radius 3 is 2.69 bits per heavy atom. The molecule has 0 saturated carbocycles. The molecule has 0 unspecified atom stereocenters. The fourth-order valence-corrected chi connectivity index (χ4v) is 4.44. The molecule has 0 spiro atoms. The van der Waals surface area contributed by atoms with Crippen LogP contribution in [0.5, 0.6) is 0 Å². The first-order valence-corrected chi connectivity index (χ1v) is 11.8. The molecule has 35 heavy (non-hydrogen) atoms. The summed E-state index contributed by atoms with van der Waals surface area (Å²) in [6, 6.07) is 14.5. The van der Waals surface area contributed by atoms with E-state index in [2.05, 4.69) is 69.4 Å². The van der Waals surface area contributed by atoms with E-state index in [0.29, 0.717) is 6.54 Å². The SMILES string of the molecule is Cc1cc(-c2ccccc2)c([C@H](C)Nc2ncnc3[nH]cc(-c4ccn(CC(C)(C)CO)n4)c23)[nH]1. The van der Waals surface area contributed by atoms with Crippen LogP contribution in [-0.4, -0.2) is 41.4 Å². The summed E-state index contributed by atoms with van der Waals surface area (Å²) in [5.41, 5.74) is 6.82. The maximum Gasteiger partial charge on any atom is 0.143 e. The highest BCUT2D eigenvalue weighted by atomic mass is 16.3. The molecule has 0 aliphatic heterocycles. The molecule has 0 fully saturated rings. The zero-order valence-corrected chi connectivity index (χ0v) is 20.5. The Bertz CT molecular complexity index is 1450. The molecule has 0 amide bonds. The molecule has 5 rings (SSSR count). The number of H-pyrrole nitrogens is 2. The molecule has 4 heterocycles. The molecule has 5 aromatic rings. The van der Waals surface area contributed by atoms with Gasteiger partial charge in [-0.3, -0.25) is 4.68 Å². The summed E-state index contributed by atoms with van der Waals surface area (Å²) in [4.78, 5) is 15.8. The number of aromatic amines is 2. The van der Waals surface area contributed by atoms with Gasteiger partial charge in [0.1, 0.15) is 17.8 Å². The third-order valence-electron chi connectivity index (χ3n) is 6.26. The molecular weight excluding hydrogens is 438 g/mol. The Morgan fingerprint density at radius 1 is 1.11 bits per heavy atom. The van der Waals surface area contributed by atoms with Crippen molar-refractivity contribution in [3.05, 3.63) is 72.6 Å². The van der Waals surface area contributed by atoms with E-state index in [0.717, 1.165) is 39.5 Å². The number of nitrogens with one attached hydrogen (secondary N) is 3. The molecule has 0 aliphatic rings. The summed E-state index contributed by atoms with van der Waals surface area (Å²) in [6.07, 6.45) is 5.43. The van der Waals surface area contributed by atoms with Crippen LogP contribution >= 0.6 is 0 Å². The molecule has 180 valence electrons. The zero-order valence-electron chi connectivity index (χ0n) is 20.5. The second kappa shape index (κ2) is 9.03. The van der Waals surface area contributed by atoms with Crippen molar-refractivity contribution < 1.29 is 5.11 Å². The van der Waals surface area contributed by atoms with Crippen molar-refractivity contribution in [2.24, 2.45) is 5.41 Å². The molecule has 1 aromatic carbocycles. The maximum atomic E-state index is 9.62.